The van der Waals surface area contributed by atoms with Gasteiger partial charge < -0.3 is 0 Å². The van der Waals surface area contributed by atoms with Crippen molar-refractivity contribution in [1.82, 2.24) is 4.98 Å². The van der Waals surface area contributed by atoms with Gasteiger partial charge in [0.1, 0.15) is 0 Å². The molecule has 0 bridgehead atoms. The number of aryl methyl sites for hydroxylation is 1. The Labute approximate surface area is 156 Å². The molecule has 0 atom stereocenters. The highest BCUT2D eigenvalue weighted by Gasteiger charge is 2.58. The Bertz CT molecular complexity index is 899. The molecule has 2 aromatic rings. The minimum absolute atomic E-state index is 0.268. The van der Waals surface area contributed by atoms with E-state index in [9.17, 15) is 17.6 Å². The summed E-state index contributed by atoms with van der Waals surface area (Å²) in [6.07, 6.45) is 1.04. The first-order valence-corrected chi connectivity index (χ1v) is 8.76. The van der Waals surface area contributed by atoms with Crippen molar-refractivity contribution >= 4 is 11.1 Å². The fraction of sp³-hybridized carbons (Fsp3) is 0.318. The molecule has 142 valence electrons. The Kier molecular flexibility index (Phi) is 4.98. The molecule has 0 amide bonds. The van der Waals surface area contributed by atoms with E-state index in [1.54, 1.807) is 18.3 Å². The number of pyridine rings is 1. The standard InChI is InChI=1S/C22H21F4N/c1-14(6-7-16(3)20-15(2)5-4-10-27-20)17-8-9-18-12-21(23,24)22(25,26)13-19(18)11-17/h4-5,8-11H,1,3,6-7,12-13H2,2H3. The summed E-state index contributed by atoms with van der Waals surface area (Å²) in [5, 5.41) is 0. The summed E-state index contributed by atoms with van der Waals surface area (Å²) in [6, 6.07) is 8.57. The van der Waals surface area contributed by atoms with Crippen LogP contribution in [0.15, 0.2) is 49.7 Å². The van der Waals surface area contributed by atoms with Gasteiger partial charge in [-0.05, 0) is 59.2 Å². The molecule has 0 radical (unpaired) electrons. The minimum Gasteiger partial charge on any atom is -0.256 e. The van der Waals surface area contributed by atoms with Crippen LogP contribution in [-0.2, 0) is 12.8 Å². The Balaban J connectivity index is 1.72. The quantitative estimate of drug-likeness (QED) is 0.562. The Morgan fingerprint density at radius 2 is 1.59 bits per heavy atom. The van der Waals surface area contributed by atoms with Crippen molar-refractivity contribution in [3.05, 3.63) is 77.6 Å². The summed E-state index contributed by atoms with van der Waals surface area (Å²) < 4.78 is 54.4. The van der Waals surface area contributed by atoms with Gasteiger partial charge in [-0.25, -0.2) is 0 Å². The largest absolute Gasteiger partial charge is 0.314 e. The number of allylic oxidation sites excluding steroid dienone is 2. The third kappa shape index (κ3) is 3.82. The second-order valence-electron chi connectivity index (χ2n) is 7.12. The van der Waals surface area contributed by atoms with Gasteiger partial charge in [0, 0.05) is 19.0 Å². The highest BCUT2D eigenvalue weighted by molar-refractivity contribution is 5.69. The highest BCUT2D eigenvalue weighted by atomic mass is 19.3. The van der Waals surface area contributed by atoms with Gasteiger partial charge in [0.25, 0.3) is 0 Å². The van der Waals surface area contributed by atoms with Crippen LogP contribution in [0.5, 0.6) is 0 Å². The number of halogens is 4. The zero-order chi connectivity index (χ0) is 19.8. The topological polar surface area (TPSA) is 12.9 Å². The van der Waals surface area contributed by atoms with Crippen LogP contribution in [0.3, 0.4) is 0 Å². The lowest BCUT2D eigenvalue weighted by atomic mass is 9.84. The summed E-state index contributed by atoms with van der Waals surface area (Å²) in [5.41, 5.74) is 4.74. The number of fused-ring (bicyclic) bond motifs is 1. The van der Waals surface area contributed by atoms with E-state index in [4.69, 9.17) is 0 Å². The van der Waals surface area contributed by atoms with Crippen molar-refractivity contribution in [3.63, 3.8) is 0 Å². The maximum atomic E-state index is 13.7. The van der Waals surface area contributed by atoms with Crippen LogP contribution in [0.4, 0.5) is 17.6 Å². The number of hydrogen-bond acceptors (Lipinski definition) is 1. The van der Waals surface area contributed by atoms with Crippen LogP contribution in [0.25, 0.3) is 11.1 Å². The molecule has 1 aromatic carbocycles. The summed E-state index contributed by atoms with van der Waals surface area (Å²) in [5.74, 6) is -8.03. The maximum Gasteiger partial charge on any atom is 0.314 e. The highest BCUT2D eigenvalue weighted by Crippen LogP contribution is 2.44. The predicted octanol–water partition coefficient (Wildman–Crippen LogP) is 6.27. The van der Waals surface area contributed by atoms with Gasteiger partial charge >= 0.3 is 11.8 Å². The van der Waals surface area contributed by atoms with E-state index in [0.29, 0.717) is 18.4 Å². The van der Waals surface area contributed by atoms with Crippen molar-refractivity contribution in [2.24, 2.45) is 0 Å². The molecule has 0 spiro atoms. The van der Waals surface area contributed by atoms with E-state index >= 15 is 0 Å². The van der Waals surface area contributed by atoms with Gasteiger partial charge in [0.15, 0.2) is 0 Å². The lowest BCUT2D eigenvalue weighted by Gasteiger charge is -2.32. The molecule has 0 aliphatic heterocycles. The third-order valence-electron chi connectivity index (χ3n) is 5.05. The van der Waals surface area contributed by atoms with Crippen molar-refractivity contribution in [2.75, 3.05) is 0 Å². The molecule has 0 saturated carbocycles. The molecule has 0 fully saturated rings. The lowest BCUT2D eigenvalue weighted by molar-refractivity contribution is -0.211. The zero-order valence-corrected chi connectivity index (χ0v) is 15.2. The van der Waals surface area contributed by atoms with Crippen molar-refractivity contribution in [2.45, 2.75) is 44.5 Å². The van der Waals surface area contributed by atoms with Gasteiger partial charge in [-0.15, -0.1) is 0 Å². The molecule has 1 aromatic heterocycles. The summed E-state index contributed by atoms with van der Waals surface area (Å²) in [6.45, 7) is 10.1. The Morgan fingerprint density at radius 1 is 0.963 bits per heavy atom. The van der Waals surface area contributed by atoms with Gasteiger partial charge in [0.2, 0.25) is 0 Å². The number of nitrogens with zero attached hydrogens (tertiary/aromatic N) is 1. The van der Waals surface area contributed by atoms with Gasteiger partial charge in [-0.1, -0.05) is 37.4 Å². The van der Waals surface area contributed by atoms with Crippen LogP contribution < -0.4 is 0 Å². The zero-order valence-electron chi connectivity index (χ0n) is 15.2. The molecule has 1 nitrogen and oxygen atoms in total. The fourth-order valence-electron chi connectivity index (χ4n) is 3.34. The molecule has 0 unspecified atom stereocenters. The average molecular weight is 375 g/mol. The van der Waals surface area contributed by atoms with Gasteiger partial charge in [0.05, 0.1) is 5.69 Å². The normalized spacial score (nSPS) is 17.2. The van der Waals surface area contributed by atoms with Crippen molar-refractivity contribution in [1.29, 1.82) is 0 Å². The monoisotopic (exact) mass is 375 g/mol. The SMILES string of the molecule is C=C(CCC(=C)c1ncccc1C)c1ccc2c(c1)CC(F)(F)C(F)(F)C2. The Morgan fingerprint density at radius 3 is 2.26 bits per heavy atom. The maximum absolute atomic E-state index is 13.7. The van der Waals surface area contributed by atoms with Crippen LogP contribution in [-0.4, -0.2) is 16.8 Å². The average Bonchev–Trinajstić information content (AvgIpc) is 2.60. The van der Waals surface area contributed by atoms with E-state index < -0.39 is 24.7 Å². The lowest BCUT2D eigenvalue weighted by Crippen LogP contribution is -2.47. The summed E-state index contributed by atoms with van der Waals surface area (Å²) in [7, 11) is 0. The van der Waals surface area contributed by atoms with E-state index in [2.05, 4.69) is 18.1 Å². The molecule has 1 aliphatic carbocycles. The molecule has 1 aliphatic rings. The van der Waals surface area contributed by atoms with E-state index in [-0.39, 0.29) is 11.1 Å². The third-order valence-corrected chi connectivity index (χ3v) is 5.05. The minimum atomic E-state index is -4.02. The first-order valence-electron chi connectivity index (χ1n) is 8.76. The second kappa shape index (κ2) is 6.95. The van der Waals surface area contributed by atoms with Crippen LogP contribution in [0.2, 0.25) is 0 Å². The van der Waals surface area contributed by atoms with Crippen LogP contribution in [0.1, 0.15) is 40.8 Å². The molecule has 27 heavy (non-hydrogen) atoms. The van der Waals surface area contributed by atoms with E-state index in [0.717, 1.165) is 22.4 Å². The molecule has 0 N–H and O–H groups in total. The predicted molar refractivity (Wildman–Crippen MR) is 100 cm³/mol. The summed E-state index contributed by atoms with van der Waals surface area (Å²) in [4.78, 5) is 4.33. The number of hydrogen-bond donors (Lipinski definition) is 0. The number of aromatic nitrogens is 1. The molecule has 0 saturated heterocycles. The molecule has 5 heteroatoms. The number of alkyl halides is 4. The van der Waals surface area contributed by atoms with E-state index in [1.165, 1.54) is 6.07 Å². The molecular weight excluding hydrogens is 354 g/mol. The van der Waals surface area contributed by atoms with Crippen molar-refractivity contribution < 1.29 is 17.6 Å². The van der Waals surface area contributed by atoms with Crippen molar-refractivity contribution in [3.8, 4) is 0 Å². The molecule has 3 rings (SSSR count). The smallest absolute Gasteiger partial charge is 0.256 e. The molecule has 1 heterocycles. The van der Waals surface area contributed by atoms with E-state index in [1.807, 2.05) is 19.1 Å². The second-order valence-corrected chi connectivity index (χ2v) is 7.12. The first-order chi connectivity index (χ1) is 12.6. The molecular formula is C22H21F4N. The fourth-order valence-corrected chi connectivity index (χ4v) is 3.34. The van der Waals surface area contributed by atoms with Gasteiger partial charge in [-0.3, -0.25) is 4.98 Å². The van der Waals surface area contributed by atoms with Crippen LogP contribution in [0, 0.1) is 6.92 Å². The Hall–Kier alpha value is -2.43. The van der Waals surface area contributed by atoms with Gasteiger partial charge in [-0.2, -0.15) is 17.6 Å². The summed E-state index contributed by atoms with van der Waals surface area (Å²) >= 11 is 0. The number of rotatable bonds is 5. The first kappa shape index (κ1) is 19.3. The number of benzene rings is 1. The van der Waals surface area contributed by atoms with Crippen LogP contribution >= 0.6 is 0 Å².